The summed E-state index contributed by atoms with van der Waals surface area (Å²) in [7, 11) is -3.30. The molecule has 0 radical (unpaired) electrons. The lowest BCUT2D eigenvalue weighted by Gasteiger charge is -2.37. The summed E-state index contributed by atoms with van der Waals surface area (Å²) < 4.78 is 29.1. The zero-order valence-electron chi connectivity index (χ0n) is 11.5. The van der Waals surface area contributed by atoms with Crippen LogP contribution in [0.4, 0.5) is 11.4 Å². The monoisotopic (exact) mass is 284 g/mol. The molecule has 0 saturated carbocycles. The number of benzene rings is 1. The molecule has 1 aromatic carbocycles. The molecule has 1 fully saturated rings. The van der Waals surface area contributed by atoms with Gasteiger partial charge in [-0.15, -0.1) is 0 Å². The Morgan fingerprint density at radius 3 is 2.37 bits per heavy atom. The molecule has 0 aliphatic carbocycles. The van der Waals surface area contributed by atoms with Crippen molar-refractivity contribution in [2.24, 2.45) is 0 Å². The minimum atomic E-state index is -3.30. The van der Waals surface area contributed by atoms with E-state index in [1.165, 1.54) is 6.26 Å². The molecule has 5 nitrogen and oxygen atoms in total. The SMILES string of the molecule is CC1CN(c2cccc(S(C)(=O)=O)c2N)CC(C)O1. The normalized spacial score (nSPS) is 24.5. The molecule has 0 amide bonds. The Bertz CT molecular complexity index is 561. The highest BCUT2D eigenvalue weighted by molar-refractivity contribution is 7.90. The van der Waals surface area contributed by atoms with E-state index in [-0.39, 0.29) is 17.1 Å². The van der Waals surface area contributed by atoms with E-state index in [4.69, 9.17) is 10.5 Å². The number of sulfone groups is 1. The average Bonchev–Trinajstić information content (AvgIpc) is 2.26. The predicted molar refractivity (Wildman–Crippen MR) is 76.2 cm³/mol. The molecule has 106 valence electrons. The Kier molecular flexibility index (Phi) is 3.73. The van der Waals surface area contributed by atoms with E-state index in [1.807, 2.05) is 19.9 Å². The van der Waals surface area contributed by atoms with Crippen LogP contribution in [0.15, 0.2) is 23.1 Å². The molecule has 1 aromatic rings. The van der Waals surface area contributed by atoms with Gasteiger partial charge in [0.1, 0.15) is 0 Å². The van der Waals surface area contributed by atoms with Gasteiger partial charge in [0.15, 0.2) is 9.84 Å². The molecule has 2 unspecified atom stereocenters. The fourth-order valence-corrected chi connectivity index (χ4v) is 3.34. The van der Waals surface area contributed by atoms with Crippen molar-refractivity contribution >= 4 is 21.2 Å². The minimum absolute atomic E-state index is 0.102. The van der Waals surface area contributed by atoms with Gasteiger partial charge in [-0.25, -0.2) is 8.42 Å². The van der Waals surface area contributed by atoms with Gasteiger partial charge >= 0.3 is 0 Å². The Morgan fingerprint density at radius 2 is 1.84 bits per heavy atom. The van der Waals surface area contributed by atoms with E-state index >= 15 is 0 Å². The molecule has 2 N–H and O–H groups in total. The van der Waals surface area contributed by atoms with E-state index in [1.54, 1.807) is 12.1 Å². The van der Waals surface area contributed by atoms with Gasteiger partial charge in [-0.05, 0) is 26.0 Å². The van der Waals surface area contributed by atoms with Gasteiger partial charge in [0.2, 0.25) is 0 Å². The quantitative estimate of drug-likeness (QED) is 0.828. The number of rotatable bonds is 2. The molecule has 0 spiro atoms. The van der Waals surface area contributed by atoms with Crippen LogP contribution >= 0.6 is 0 Å². The summed E-state index contributed by atoms with van der Waals surface area (Å²) in [4.78, 5) is 2.28. The Hall–Kier alpha value is -1.27. The third kappa shape index (κ3) is 3.01. The van der Waals surface area contributed by atoms with Crippen molar-refractivity contribution in [1.29, 1.82) is 0 Å². The van der Waals surface area contributed by atoms with E-state index < -0.39 is 9.84 Å². The van der Waals surface area contributed by atoms with Gasteiger partial charge in [0.05, 0.1) is 28.5 Å². The number of hydrogen-bond acceptors (Lipinski definition) is 5. The lowest BCUT2D eigenvalue weighted by atomic mass is 10.2. The maximum atomic E-state index is 11.7. The summed E-state index contributed by atoms with van der Waals surface area (Å²) >= 11 is 0. The van der Waals surface area contributed by atoms with Crippen LogP contribution in [0.2, 0.25) is 0 Å². The summed E-state index contributed by atoms with van der Waals surface area (Å²) in [6.45, 7) is 5.42. The number of nitrogen functional groups attached to an aromatic ring is 1. The Morgan fingerprint density at radius 1 is 1.26 bits per heavy atom. The molecule has 0 aromatic heterocycles. The van der Waals surface area contributed by atoms with Crippen molar-refractivity contribution in [3.63, 3.8) is 0 Å². The van der Waals surface area contributed by atoms with Gasteiger partial charge in [-0.2, -0.15) is 0 Å². The molecule has 19 heavy (non-hydrogen) atoms. The summed E-state index contributed by atoms with van der Waals surface area (Å²) in [6, 6.07) is 5.13. The molecule has 1 heterocycles. The van der Waals surface area contributed by atoms with Crippen LogP contribution in [0, 0.1) is 0 Å². The Balaban J connectivity index is 2.41. The molecule has 0 bridgehead atoms. The van der Waals surface area contributed by atoms with Gasteiger partial charge in [-0.1, -0.05) is 6.07 Å². The second-order valence-electron chi connectivity index (χ2n) is 5.12. The van der Waals surface area contributed by atoms with E-state index in [0.29, 0.717) is 18.8 Å². The van der Waals surface area contributed by atoms with E-state index in [2.05, 4.69) is 4.90 Å². The highest BCUT2D eigenvalue weighted by Crippen LogP contribution is 2.31. The third-order valence-electron chi connectivity index (χ3n) is 3.20. The second-order valence-corrected chi connectivity index (χ2v) is 7.11. The number of morpholine rings is 1. The number of hydrogen-bond donors (Lipinski definition) is 1. The minimum Gasteiger partial charge on any atom is -0.396 e. The molecule has 1 aliphatic rings. The van der Waals surface area contributed by atoms with Crippen molar-refractivity contribution in [2.45, 2.75) is 31.0 Å². The van der Waals surface area contributed by atoms with Crippen LogP contribution < -0.4 is 10.6 Å². The predicted octanol–water partition coefficient (Wildman–Crippen LogP) is 1.29. The molecule has 2 rings (SSSR count). The fraction of sp³-hybridized carbons (Fsp3) is 0.538. The van der Waals surface area contributed by atoms with Crippen molar-refractivity contribution < 1.29 is 13.2 Å². The summed E-state index contributed by atoms with van der Waals surface area (Å²) in [6.07, 6.45) is 1.38. The van der Waals surface area contributed by atoms with Crippen LogP contribution in [-0.2, 0) is 14.6 Å². The smallest absolute Gasteiger partial charge is 0.177 e. The molecular weight excluding hydrogens is 264 g/mol. The number of anilines is 2. The zero-order valence-corrected chi connectivity index (χ0v) is 12.3. The average molecular weight is 284 g/mol. The third-order valence-corrected chi connectivity index (χ3v) is 4.36. The van der Waals surface area contributed by atoms with Crippen molar-refractivity contribution in [2.75, 3.05) is 30.0 Å². The highest BCUT2D eigenvalue weighted by Gasteiger charge is 2.25. The first-order valence-corrected chi connectivity index (χ1v) is 8.17. The Labute approximate surface area is 114 Å². The van der Waals surface area contributed by atoms with Gasteiger partial charge in [0.25, 0.3) is 0 Å². The second kappa shape index (κ2) is 5.02. The zero-order chi connectivity index (χ0) is 14.2. The number of para-hydroxylation sites is 1. The van der Waals surface area contributed by atoms with E-state index in [0.717, 1.165) is 5.69 Å². The molecule has 1 aliphatic heterocycles. The van der Waals surface area contributed by atoms with Crippen molar-refractivity contribution in [3.05, 3.63) is 18.2 Å². The molecule has 2 atom stereocenters. The summed E-state index contributed by atoms with van der Waals surface area (Å²) in [5, 5.41) is 0. The van der Waals surface area contributed by atoms with Gasteiger partial charge in [-0.3, -0.25) is 0 Å². The summed E-state index contributed by atoms with van der Waals surface area (Å²) in [5.41, 5.74) is 7.12. The van der Waals surface area contributed by atoms with Crippen molar-refractivity contribution in [1.82, 2.24) is 0 Å². The van der Waals surface area contributed by atoms with Crippen LogP contribution in [-0.4, -0.2) is 40.0 Å². The van der Waals surface area contributed by atoms with Crippen LogP contribution in [0.3, 0.4) is 0 Å². The van der Waals surface area contributed by atoms with Gasteiger partial charge in [0, 0.05) is 19.3 Å². The molecule has 1 saturated heterocycles. The van der Waals surface area contributed by atoms with Crippen LogP contribution in [0.1, 0.15) is 13.8 Å². The molecular formula is C13H20N2O3S. The van der Waals surface area contributed by atoms with E-state index in [9.17, 15) is 8.42 Å². The van der Waals surface area contributed by atoms with Crippen LogP contribution in [0.25, 0.3) is 0 Å². The van der Waals surface area contributed by atoms with Crippen molar-refractivity contribution in [3.8, 4) is 0 Å². The first-order chi connectivity index (χ1) is 8.79. The fourth-order valence-electron chi connectivity index (χ4n) is 2.51. The standard InChI is InChI=1S/C13H20N2O3S/c1-9-7-15(8-10(2)18-9)11-5-4-6-12(13(11)14)19(3,16)17/h4-6,9-10H,7-8,14H2,1-3H3. The lowest BCUT2D eigenvalue weighted by Crippen LogP contribution is -2.45. The summed E-state index contributed by atoms with van der Waals surface area (Å²) in [5.74, 6) is 0. The largest absolute Gasteiger partial charge is 0.396 e. The number of nitrogens with two attached hydrogens (primary N) is 1. The number of nitrogens with zero attached hydrogens (tertiary/aromatic N) is 1. The molecule has 6 heteroatoms. The van der Waals surface area contributed by atoms with Crippen LogP contribution in [0.5, 0.6) is 0 Å². The number of ether oxygens (including phenoxy) is 1. The van der Waals surface area contributed by atoms with Gasteiger partial charge < -0.3 is 15.4 Å². The maximum absolute atomic E-state index is 11.7. The highest BCUT2D eigenvalue weighted by atomic mass is 32.2. The first kappa shape index (κ1) is 14.1. The maximum Gasteiger partial charge on any atom is 0.177 e. The lowest BCUT2D eigenvalue weighted by molar-refractivity contribution is -0.00517. The first-order valence-electron chi connectivity index (χ1n) is 6.28. The topological polar surface area (TPSA) is 72.6 Å².